The Morgan fingerprint density at radius 2 is 2.09 bits per heavy atom. The quantitative estimate of drug-likeness (QED) is 0.479. The van der Waals surface area contributed by atoms with Gasteiger partial charge in [-0.3, -0.25) is 4.79 Å². The highest BCUT2D eigenvalue weighted by atomic mass is 19.1. The summed E-state index contributed by atoms with van der Waals surface area (Å²) in [5.74, 6) is 0.459. The lowest BCUT2D eigenvalue weighted by Crippen LogP contribution is -2.50. The van der Waals surface area contributed by atoms with Gasteiger partial charge >= 0.3 is 0 Å². The zero-order valence-electron chi connectivity index (χ0n) is 17.8. The second-order valence-electron chi connectivity index (χ2n) is 8.68. The molecule has 0 spiro atoms. The number of imidazole rings is 1. The molecule has 5 rings (SSSR count). The van der Waals surface area contributed by atoms with Gasteiger partial charge in [0.1, 0.15) is 11.9 Å². The minimum atomic E-state index is -0.773. The van der Waals surface area contributed by atoms with Crippen molar-refractivity contribution in [3.63, 3.8) is 0 Å². The Labute approximate surface area is 185 Å². The van der Waals surface area contributed by atoms with Crippen LogP contribution in [0.25, 0.3) is 22.2 Å². The molecule has 7 nitrogen and oxygen atoms in total. The second-order valence-corrected chi connectivity index (χ2v) is 8.68. The van der Waals surface area contributed by atoms with Gasteiger partial charge in [0.25, 0.3) is 0 Å². The number of aromatic amines is 1. The van der Waals surface area contributed by atoms with E-state index in [2.05, 4.69) is 32.0 Å². The number of halogens is 1. The number of hydrogen-bond donors (Lipinski definition) is 4. The van der Waals surface area contributed by atoms with E-state index in [1.165, 1.54) is 6.07 Å². The average Bonchev–Trinajstić information content (AvgIpc) is 3.54. The number of nitrogens with zero attached hydrogens (tertiary/aromatic N) is 2. The molecule has 164 valence electrons. The first-order chi connectivity index (χ1) is 15.5. The SMILES string of the molecule is CNc1nc2ccc(-c3ccc(CC(C#N)NC(=O)C4NC5CCC4C5)c(F)c3)cc2[nH]1. The van der Waals surface area contributed by atoms with Crippen molar-refractivity contribution in [3.8, 4) is 17.2 Å². The van der Waals surface area contributed by atoms with E-state index in [4.69, 9.17) is 0 Å². The number of carbonyl (C=O) groups is 1. The molecule has 1 aliphatic heterocycles. The number of benzene rings is 2. The van der Waals surface area contributed by atoms with E-state index >= 15 is 0 Å². The van der Waals surface area contributed by atoms with Crippen molar-refractivity contribution in [1.82, 2.24) is 20.6 Å². The second kappa shape index (κ2) is 8.24. The minimum Gasteiger partial charge on any atom is -0.359 e. The predicted molar refractivity (Wildman–Crippen MR) is 120 cm³/mol. The van der Waals surface area contributed by atoms with E-state index in [0.717, 1.165) is 41.4 Å². The fourth-order valence-corrected chi connectivity index (χ4v) is 4.96. The lowest BCUT2D eigenvalue weighted by molar-refractivity contribution is -0.124. The molecule has 4 unspecified atom stereocenters. The van der Waals surface area contributed by atoms with Crippen molar-refractivity contribution in [1.29, 1.82) is 5.26 Å². The van der Waals surface area contributed by atoms with E-state index in [1.807, 2.05) is 24.3 Å². The van der Waals surface area contributed by atoms with E-state index < -0.39 is 11.9 Å². The van der Waals surface area contributed by atoms with Crippen molar-refractivity contribution in [2.75, 3.05) is 12.4 Å². The highest BCUT2D eigenvalue weighted by molar-refractivity contribution is 5.84. The summed E-state index contributed by atoms with van der Waals surface area (Å²) in [6.07, 6.45) is 3.30. The van der Waals surface area contributed by atoms with Gasteiger partial charge in [-0.05, 0) is 60.1 Å². The molecular weight excluding hydrogens is 407 g/mol. The number of anilines is 1. The summed E-state index contributed by atoms with van der Waals surface area (Å²) >= 11 is 0. The van der Waals surface area contributed by atoms with Crippen LogP contribution in [0.2, 0.25) is 0 Å². The van der Waals surface area contributed by atoms with Crippen molar-refractivity contribution < 1.29 is 9.18 Å². The third-order valence-electron chi connectivity index (χ3n) is 6.64. The number of aromatic nitrogens is 2. The standard InChI is InChI=1S/C24H25FN6O/c1-27-24-30-20-7-5-14(11-21(20)31-24)13-2-3-15(19(25)10-13)8-18(12-26)29-23(32)22-16-4-6-17(9-16)28-22/h2-3,5,7,10-11,16-18,22,28H,4,6,8-9H2,1H3,(H,29,32)(H2,27,30,31). The molecular formula is C24H25FN6O. The molecule has 2 fully saturated rings. The number of fused-ring (bicyclic) bond motifs is 3. The zero-order valence-corrected chi connectivity index (χ0v) is 17.8. The molecule has 2 aromatic carbocycles. The highest BCUT2D eigenvalue weighted by Crippen LogP contribution is 2.35. The summed E-state index contributed by atoms with van der Waals surface area (Å²) in [5, 5.41) is 18.6. The monoisotopic (exact) mass is 432 g/mol. The van der Waals surface area contributed by atoms with Crippen LogP contribution in [0, 0.1) is 23.1 Å². The van der Waals surface area contributed by atoms with Crippen LogP contribution in [0.1, 0.15) is 24.8 Å². The molecule has 0 radical (unpaired) electrons. The van der Waals surface area contributed by atoms with Gasteiger partial charge in [0.15, 0.2) is 0 Å². The Morgan fingerprint density at radius 1 is 1.28 bits per heavy atom. The van der Waals surface area contributed by atoms with Gasteiger partial charge in [0, 0.05) is 19.5 Å². The molecule has 4 atom stereocenters. The average molecular weight is 433 g/mol. The Hall–Kier alpha value is -3.44. The number of nitrogens with one attached hydrogen (secondary N) is 4. The van der Waals surface area contributed by atoms with Crippen LogP contribution in [-0.2, 0) is 11.2 Å². The third-order valence-corrected chi connectivity index (χ3v) is 6.64. The van der Waals surface area contributed by atoms with Gasteiger partial charge in [-0.15, -0.1) is 0 Å². The molecule has 3 aromatic rings. The Morgan fingerprint density at radius 3 is 2.78 bits per heavy atom. The number of nitriles is 1. The maximum atomic E-state index is 14.9. The van der Waals surface area contributed by atoms with Gasteiger partial charge in [0.05, 0.1) is 23.1 Å². The maximum absolute atomic E-state index is 14.9. The zero-order chi connectivity index (χ0) is 22.2. The molecule has 1 aromatic heterocycles. The van der Waals surface area contributed by atoms with Gasteiger partial charge in [-0.1, -0.05) is 18.2 Å². The molecule has 8 heteroatoms. The highest BCUT2D eigenvalue weighted by Gasteiger charge is 2.43. The largest absolute Gasteiger partial charge is 0.359 e. The number of piperidine rings is 1. The van der Waals surface area contributed by atoms with Crippen LogP contribution in [-0.4, -0.2) is 41.0 Å². The maximum Gasteiger partial charge on any atom is 0.238 e. The Balaban J connectivity index is 1.29. The van der Waals surface area contributed by atoms with E-state index in [-0.39, 0.29) is 18.4 Å². The smallest absolute Gasteiger partial charge is 0.238 e. The van der Waals surface area contributed by atoms with E-state index in [9.17, 15) is 14.4 Å². The van der Waals surface area contributed by atoms with Crippen LogP contribution in [0.4, 0.5) is 10.3 Å². The Bertz CT molecular complexity index is 1210. The van der Waals surface area contributed by atoms with Crippen LogP contribution < -0.4 is 16.0 Å². The third kappa shape index (κ3) is 3.80. The number of carbonyl (C=O) groups excluding carboxylic acids is 1. The molecule has 1 saturated heterocycles. The Kier molecular flexibility index (Phi) is 5.27. The van der Waals surface area contributed by atoms with Crippen LogP contribution >= 0.6 is 0 Å². The van der Waals surface area contributed by atoms with Crippen molar-refractivity contribution in [2.24, 2.45) is 5.92 Å². The molecule has 32 heavy (non-hydrogen) atoms. The molecule has 4 N–H and O–H groups in total. The molecule has 2 aliphatic rings. The number of amides is 1. The van der Waals surface area contributed by atoms with E-state index in [1.54, 1.807) is 13.1 Å². The van der Waals surface area contributed by atoms with Gasteiger partial charge < -0.3 is 20.9 Å². The topological polar surface area (TPSA) is 106 Å². The summed E-state index contributed by atoms with van der Waals surface area (Å²) in [7, 11) is 1.79. The molecule has 1 saturated carbocycles. The van der Waals surface area contributed by atoms with Crippen LogP contribution in [0.3, 0.4) is 0 Å². The van der Waals surface area contributed by atoms with Crippen LogP contribution in [0.15, 0.2) is 36.4 Å². The number of rotatable bonds is 6. The summed E-state index contributed by atoms with van der Waals surface area (Å²) in [5.41, 5.74) is 3.69. The molecule has 1 aliphatic carbocycles. The van der Waals surface area contributed by atoms with E-state index in [0.29, 0.717) is 23.5 Å². The number of H-pyrrole nitrogens is 1. The summed E-state index contributed by atoms with van der Waals surface area (Å²) in [4.78, 5) is 20.2. The molecule has 2 heterocycles. The van der Waals surface area contributed by atoms with Crippen molar-refractivity contribution in [3.05, 3.63) is 47.8 Å². The summed E-state index contributed by atoms with van der Waals surface area (Å²) in [6.45, 7) is 0. The van der Waals surface area contributed by atoms with Gasteiger partial charge in [-0.2, -0.15) is 5.26 Å². The number of hydrogen-bond acceptors (Lipinski definition) is 5. The van der Waals surface area contributed by atoms with Crippen molar-refractivity contribution in [2.45, 2.75) is 43.8 Å². The minimum absolute atomic E-state index is 0.125. The van der Waals surface area contributed by atoms with Gasteiger partial charge in [0.2, 0.25) is 11.9 Å². The van der Waals surface area contributed by atoms with Crippen LogP contribution in [0.5, 0.6) is 0 Å². The molecule has 2 bridgehead atoms. The normalized spacial score (nSPS) is 22.6. The van der Waals surface area contributed by atoms with Gasteiger partial charge in [-0.25, -0.2) is 9.37 Å². The first-order valence-corrected chi connectivity index (χ1v) is 11.0. The fraction of sp³-hybridized carbons (Fsp3) is 0.375. The molecule has 1 amide bonds. The summed E-state index contributed by atoms with van der Waals surface area (Å²) < 4.78 is 14.9. The fourth-order valence-electron chi connectivity index (χ4n) is 4.96. The van der Waals surface area contributed by atoms with Crippen molar-refractivity contribution >= 4 is 22.9 Å². The predicted octanol–water partition coefficient (Wildman–Crippen LogP) is 3.10. The first-order valence-electron chi connectivity index (χ1n) is 11.0. The summed E-state index contributed by atoms with van der Waals surface area (Å²) in [6, 6.07) is 12.2. The first kappa shape index (κ1) is 20.5. The lowest BCUT2D eigenvalue weighted by atomic mass is 9.97. The lowest BCUT2D eigenvalue weighted by Gasteiger charge is -2.23.